The summed E-state index contributed by atoms with van der Waals surface area (Å²) in [6.07, 6.45) is -3.31. The molecule has 0 aliphatic rings. The third-order valence-electron chi connectivity index (χ3n) is 2.83. The van der Waals surface area contributed by atoms with Crippen LogP contribution >= 0.6 is 0 Å². The maximum Gasteiger partial charge on any atom is 0.416 e. The van der Waals surface area contributed by atoms with Gasteiger partial charge in [0.1, 0.15) is 5.76 Å². The molecule has 1 aromatic heterocycles. The van der Waals surface area contributed by atoms with Crippen molar-refractivity contribution in [3.05, 3.63) is 58.1 Å². The Morgan fingerprint density at radius 2 is 2.04 bits per heavy atom. The molecule has 0 bridgehead atoms. The number of halogens is 3. The Bertz CT molecular complexity index is 768. The lowest BCUT2D eigenvalue weighted by molar-refractivity contribution is -0.137. The van der Waals surface area contributed by atoms with Crippen molar-refractivity contribution < 1.29 is 27.1 Å². The predicted octanol–water partition coefficient (Wildman–Crippen LogP) is 2.98. The molecule has 0 unspecified atom stereocenters. The maximum atomic E-state index is 12.6. The molecule has 122 valence electrons. The van der Waals surface area contributed by atoms with Crippen LogP contribution in [-0.2, 0) is 11.0 Å². The van der Waals surface area contributed by atoms with E-state index >= 15 is 0 Å². The quantitative estimate of drug-likeness (QED) is 0.937. The van der Waals surface area contributed by atoms with Gasteiger partial charge in [0.15, 0.2) is 6.61 Å². The fourth-order valence-electron chi connectivity index (χ4n) is 1.78. The molecule has 1 heterocycles. The molecule has 5 nitrogen and oxygen atoms in total. The van der Waals surface area contributed by atoms with Crippen LogP contribution in [0, 0.1) is 6.92 Å². The van der Waals surface area contributed by atoms with Crippen molar-refractivity contribution in [1.82, 2.24) is 0 Å². The Hall–Kier alpha value is -2.77. The van der Waals surface area contributed by atoms with E-state index in [2.05, 4.69) is 5.32 Å². The third-order valence-corrected chi connectivity index (χ3v) is 2.83. The molecule has 0 spiro atoms. The Kier molecular flexibility index (Phi) is 4.73. The summed E-state index contributed by atoms with van der Waals surface area (Å²) in [4.78, 5) is 23.2. The predicted molar refractivity (Wildman–Crippen MR) is 75.3 cm³/mol. The van der Waals surface area contributed by atoms with E-state index in [-0.39, 0.29) is 17.2 Å². The van der Waals surface area contributed by atoms with Crippen LogP contribution in [0.25, 0.3) is 0 Å². The van der Waals surface area contributed by atoms with Crippen molar-refractivity contribution in [2.45, 2.75) is 13.1 Å². The molecule has 0 saturated carbocycles. The lowest BCUT2D eigenvalue weighted by Crippen LogP contribution is -2.22. The van der Waals surface area contributed by atoms with E-state index in [9.17, 15) is 22.8 Å². The van der Waals surface area contributed by atoms with E-state index < -0.39 is 29.7 Å². The summed E-state index contributed by atoms with van der Waals surface area (Å²) in [6, 6.07) is 5.32. The largest absolute Gasteiger partial charge is 0.476 e. The number of nitrogens with one attached hydrogen (secondary N) is 1. The summed E-state index contributed by atoms with van der Waals surface area (Å²) in [5, 5.41) is 2.27. The average molecular weight is 327 g/mol. The van der Waals surface area contributed by atoms with Crippen LogP contribution in [-0.4, -0.2) is 12.5 Å². The molecule has 0 atom stereocenters. The molecular weight excluding hydrogens is 315 g/mol. The van der Waals surface area contributed by atoms with Gasteiger partial charge in [0.25, 0.3) is 5.91 Å². The Labute approximate surface area is 128 Å². The van der Waals surface area contributed by atoms with Crippen molar-refractivity contribution >= 4 is 11.6 Å². The van der Waals surface area contributed by atoms with Gasteiger partial charge < -0.3 is 14.5 Å². The van der Waals surface area contributed by atoms with Gasteiger partial charge in [-0.2, -0.15) is 13.2 Å². The van der Waals surface area contributed by atoms with E-state index in [1.807, 2.05) is 0 Å². The molecule has 0 saturated heterocycles. The lowest BCUT2D eigenvalue weighted by Gasteiger charge is -2.10. The molecule has 0 fully saturated rings. The van der Waals surface area contributed by atoms with Crippen molar-refractivity contribution in [2.24, 2.45) is 0 Å². The Morgan fingerprint density at radius 1 is 1.30 bits per heavy atom. The number of anilines is 1. The Morgan fingerprint density at radius 3 is 2.70 bits per heavy atom. The molecule has 1 N–H and O–H groups in total. The van der Waals surface area contributed by atoms with E-state index in [4.69, 9.17) is 9.15 Å². The van der Waals surface area contributed by atoms with E-state index in [0.717, 1.165) is 18.2 Å². The minimum Gasteiger partial charge on any atom is -0.476 e. The van der Waals surface area contributed by atoms with Crippen molar-refractivity contribution in [1.29, 1.82) is 0 Å². The number of ether oxygens (including phenoxy) is 1. The zero-order valence-electron chi connectivity index (χ0n) is 11.9. The molecule has 0 aliphatic carbocycles. The summed E-state index contributed by atoms with van der Waals surface area (Å²) >= 11 is 0. The maximum absolute atomic E-state index is 12.6. The molecule has 2 rings (SSSR count). The van der Waals surface area contributed by atoms with Gasteiger partial charge >= 0.3 is 6.18 Å². The number of amides is 1. The van der Waals surface area contributed by atoms with Crippen LogP contribution in [0.15, 0.2) is 45.8 Å². The second-order valence-corrected chi connectivity index (χ2v) is 4.59. The lowest BCUT2D eigenvalue weighted by atomic mass is 10.2. The Balaban J connectivity index is 2.02. The number of rotatable bonds is 4. The molecule has 23 heavy (non-hydrogen) atoms. The topological polar surface area (TPSA) is 68.5 Å². The first-order chi connectivity index (χ1) is 10.8. The van der Waals surface area contributed by atoms with E-state index in [1.165, 1.54) is 25.3 Å². The first-order valence-corrected chi connectivity index (χ1v) is 6.45. The molecule has 1 aromatic carbocycles. The number of aryl methyl sites for hydroxylation is 1. The molecular formula is C15H12F3NO4. The van der Waals surface area contributed by atoms with Crippen LogP contribution in [0.3, 0.4) is 0 Å². The molecule has 0 aliphatic heterocycles. The highest BCUT2D eigenvalue weighted by atomic mass is 19.4. The number of carbonyl (C=O) groups is 1. The van der Waals surface area contributed by atoms with Crippen LogP contribution < -0.4 is 15.5 Å². The zero-order chi connectivity index (χ0) is 17.0. The van der Waals surface area contributed by atoms with Gasteiger partial charge in [-0.3, -0.25) is 9.59 Å². The van der Waals surface area contributed by atoms with Crippen molar-refractivity contribution in [3.8, 4) is 5.75 Å². The van der Waals surface area contributed by atoms with Crippen LogP contribution in [0.5, 0.6) is 5.75 Å². The van der Waals surface area contributed by atoms with Crippen molar-refractivity contribution in [3.63, 3.8) is 0 Å². The van der Waals surface area contributed by atoms with E-state index in [1.54, 1.807) is 0 Å². The highest BCUT2D eigenvalue weighted by Crippen LogP contribution is 2.30. The fourth-order valence-corrected chi connectivity index (χ4v) is 1.78. The van der Waals surface area contributed by atoms with Crippen LogP contribution in [0.4, 0.5) is 18.9 Å². The minimum absolute atomic E-state index is 0.0229. The van der Waals surface area contributed by atoms with Crippen LogP contribution in [0.2, 0.25) is 0 Å². The van der Waals surface area contributed by atoms with Gasteiger partial charge in [-0.1, -0.05) is 6.07 Å². The highest BCUT2D eigenvalue weighted by molar-refractivity contribution is 5.91. The van der Waals surface area contributed by atoms with Crippen molar-refractivity contribution in [2.75, 3.05) is 11.9 Å². The van der Waals surface area contributed by atoms with Gasteiger partial charge in [0, 0.05) is 11.8 Å². The first kappa shape index (κ1) is 16.6. The third kappa shape index (κ3) is 4.35. The van der Waals surface area contributed by atoms with Gasteiger partial charge in [-0.15, -0.1) is 0 Å². The number of alkyl halides is 3. The molecule has 2 aromatic rings. The second kappa shape index (κ2) is 6.55. The summed E-state index contributed by atoms with van der Waals surface area (Å²) in [5.41, 5.74) is -1.36. The highest BCUT2D eigenvalue weighted by Gasteiger charge is 2.30. The monoisotopic (exact) mass is 327 g/mol. The van der Waals surface area contributed by atoms with Gasteiger partial charge in [0.05, 0.1) is 11.8 Å². The van der Waals surface area contributed by atoms with Crippen LogP contribution in [0.1, 0.15) is 11.3 Å². The number of hydrogen-bond acceptors (Lipinski definition) is 4. The number of benzene rings is 1. The summed E-state index contributed by atoms with van der Waals surface area (Å²) in [5.74, 6) is -0.622. The fraction of sp³-hybridized carbons (Fsp3) is 0.200. The summed E-state index contributed by atoms with van der Waals surface area (Å²) in [7, 11) is 0. The standard InChI is InChI=1S/C15H12F3NO4/c1-9-14(12(20)5-6-22-9)23-8-13(21)19-11-4-2-3-10(7-11)15(16,17)18/h2-7H,8H2,1H3,(H,19,21). The number of carbonyl (C=O) groups excluding carboxylic acids is 1. The van der Waals surface area contributed by atoms with Gasteiger partial charge in [-0.25, -0.2) is 0 Å². The smallest absolute Gasteiger partial charge is 0.416 e. The minimum atomic E-state index is -4.50. The average Bonchev–Trinajstić information content (AvgIpc) is 2.46. The summed E-state index contributed by atoms with van der Waals surface area (Å²) in [6.45, 7) is 0.952. The van der Waals surface area contributed by atoms with Gasteiger partial charge in [-0.05, 0) is 25.1 Å². The zero-order valence-corrected chi connectivity index (χ0v) is 11.9. The SMILES string of the molecule is Cc1occc(=O)c1OCC(=O)Nc1cccc(C(F)(F)F)c1. The first-order valence-electron chi connectivity index (χ1n) is 6.45. The molecule has 8 heteroatoms. The second-order valence-electron chi connectivity index (χ2n) is 4.59. The van der Waals surface area contributed by atoms with E-state index in [0.29, 0.717) is 0 Å². The van der Waals surface area contributed by atoms with Gasteiger partial charge in [0.2, 0.25) is 11.2 Å². The summed E-state index contributed by atoms with van der Waals surface area (Å²) < 4.78 is 47.8. The normalized spacial score (nSPS) is 11.1. The molecule has 1 amide bonds. The molecule has 0 radical (unpaired) electrons. The number of hydrogen-bond donors (Lipinski definition) is 1.